The molecule has 1 fully saturated rings. The van der Waals surface area contributed by atoms with Gasteiger partial charge in [0.25, 0.3) is 0 Å². The fourth-order valence-electron chi connectivity index (χ4n) is 2.44. The van der Waals surface area contributed by atoms with Crippen LogP contribution in [0.5, 0.6) is 5.75 Å². The van der Waals surface area contributed by atoms with Gasteiger partial charge in [-0.15, -0.1) is 0 Å². The van der Waals surface area contributed by atoms with Crippen molar-refractivity contribution in [1.29, 1.82) is 0 Å². The summed E-state index contributed by atoms with van der Waals surface area (Å²) in [6.45, 7) is 1.54. The van der Waals surface area contributed by atoms with Gasteiger partial charge in [0, 0.05) is 11.7 Å². The second-order valence-corrected chi connectivity index (χ2v) is 7.03. The van der Waals surface area contributed by atoms with E-state index in [9.17, 15) is 13.2 Å². The number of carbonyl (C=O) groups is 1. The highest BCUT2D eigenvalue weighted by atomic mass is 32.2. The van der Waals surface area contributed by atoms with Crippen molar-refractivity contribution in [3.05, 3.63) is 29.8 Å². The largest absolute Gasteiger partial charge is 0.497 e. The number of hydrogen-bond acceptors (Lipinski definition) is 4. The van der Waals surface area contributed by atoms with E-state index >= 15 is 0 Å². The van der Waals surface area contributed by atoms with Gasteiger partial charge in [0.15, 0.2) is 9.84 Å². The van der Waals surface area contributed by atoms with Gasteiger partial charge in [-0.2, -0.15) is 0 Å². The monoisotopic (exact) mass is 284 g/mol. The Morgan fingerprint density at radius 3 is 2.32 bits per heavy atom. The first-order chi connectivity index (χ1) is 8.92. The molecule has 0 spiro atoms. The van der Waals surface area contributed by atoms with Gasteiger partial charge in [-0.05, 0) is 17.7 Å². The number of rotatable bonds is 5. The Bertz CT molecular complexity index is 576. The number of benzene rings is 1. The van der Waals surface area contributed by atoms with Crippen LogP contribution in [0.1, 0.15) is 18.4 Å². The lowest BCUT2D eigenvalue weighted by Gasteiger charge is -2.03. The molecule has 0 heterocycles. The first-order valence-corrected chi connectivity index (χ1v) is 7.72. The van der Waals surface area contributed by atoms with Crippen LogP contribution in [-0.2, 0) is 14.6 Å². The van der Waals surface area contributed by atoms with E-state index in [4.69, 9.17) is 9.84 Å². The molecule has 1 aliphatic rings. The molecule has 0 aliphatic heterocycles. The molecule has 0 saturated heterocycles. The number of hydrogen-bond donors (Lipinski definition) is 1. The zero-order chi connectivity index (χ0) is 14.2. The summed E-state index contributed by atoms with van der Waals surface area (Å²) in [6.07, 6.45) is 0. The van der Waals surface area contributed by atoms with E-state index in [1.54, 1.807) is 24.3 Å². The Balaban J connectivity index is 2.30. The predicted molar refractivity (Wildman–Crippen MR) is 70.1 cm³/mol. The van der Waals surface area contributed by atoms with Crippen LogP contribution in [0.25, 0.3) is 0 Å². The molecule has 0 amide bonds. The normalized spacial score (nSPS) is 25.9. The zero-order valence-corrected chi connectivity index (χ0v) is 11.6. The third-order valence-corrected chi connectivity index (χ3v) is 5.78. The van der Waals surface area contributed by atoms with E-state index in [2.05, 4.69) is 0 Å². The van der Waals surface area contributed by atoms with E-state index in [0.717, 1.165) is 5.56 Å². The van der Waals surface area contributed by atoms with Crippen LogP contribution in [0, 0.1) is 5.92 Å². The van der Waals surface area contributed by atoms with E-state index in [-0.39, 0.29) is 5.75 Å². The highest BCUT2D eigenvalue weighted by Crippen LogP contribution is 2.52. The Kier molecular flexibility index (Phi) is 3.54. The maximum Gasteiger partial charge on any atom is 0.308 e. The molecule has 104 valence electrons. The zero-order valence-electron chi connectivity index (χ0n) is 10.7. The van der Waals surface area contributed by atoms with Crippen molar-refractivity contribution in [3.8, 4) is 5.75 Å². The molecule has 5 nitrogen and oxygen atoms in total. The SMILES string of the molecule is CCS(=O)(=O)[C@H]1[C@H](C(=O)O)[C@@H]1c1ccc(OC)cc1. The molecule has 1 aromatic carbocycles. The summed E-state index contributed by atoms with van der Waals surface area (Å²) in [5, 5.41) is 8.32. The molecule has 2 rings (SSSR count). The second kappa shape index (κ2) is 4.85. The lowest BCUT2D eigenvalue weighted by molar-refractivity contribution is -0.138. The highest BCUT2D eigenvalue weighted by Gasteiger charge is 2.62. The molecular formula is C13H16O5S. The molecule has 1 aliphatic carbocycles. The maximum absolute atomic E-state index is 11.9. The molecule has 1 aromatic rings. The van der Waals surface area contributed by atoms with Crippen molar-refractivity contribution in [2.75, 3.05) is 12.9 Å². The van der Waals surface area contributed by atoms with Gasteiger partial charge in [0.1, 0.15) is 5.75 Å². The van der Waals surface area contributed by atoms with Crippen molar-refractivity contribution < 1.29 is 23.1 Å². The third-order valence-electron chi connectivity index (χ3n) is 3.56. The van der Waals surface area contributed by atoms with Gasteiger partial charge in [-0.25, -0.2) is 8.42 Å². The first-order valence-electron chi connectivity index (χ1n) is 6.00. The Labute approximate surface area is 112 Å². The third kappa shape index (κ3) is 2.45. The minimum Gasteiger partial charge on any atom is -0.497 e. The molecule has 19 heavy (non-hydrogen) atoms. The molecule has 6 heteroatoms. The predicted octanol–water partition coefficient (Wildman–Crippen LogP) is 1.30. The molecule has 3 atom stereocenters. The number of methoxy groups -OCH3 is 1. The van der Waals surface area contributed by atoms with Crippen molar-refractivity contribution in [2.45, 2.75) is 18.1 Å². The number of sulfone groups is 1. The fourth-order valence-corrected chi connectivity index (χ4v) is 4.24. The van der Waals surface area contributed by atoms with Crippen LogP contribution in [0.4, 0.5) is 0 Å². The molecular weight excluding hydrogens is 268 g/mol. The van der Waals surface area contributed by atoms with Gasteiger partial charge in [-0.1, -0.05) is 19.1 Å². The summed E-state index contributed by atoms with van der Waals surface area (Å²) in [4.78, 5) is 11.2. The van der Waals surface area contributed by atoms with Gasteiger partial charge in [0.2, 0.25) is 0 Å². The standard InChI is InChI=1S/C13H16O5S/c1-3-19(16,17)12-10(11(12)13(14)15)8-4-6-9(18-2)7-5-8/h4-7,10-12H,3H2,1-2H3,(H,14,15)/t10-,11+,12+/m0/s1. The van der Waals surface area contributed by atoms with E-state index in [0.29, 0.717) is 5.75 Å². The van der Waals surface area contributed by atoms with Crippen molar-refractivity contribution in [3.63, 3.8) is 0 Å². The second-order valence-electron chi connectivity index (χ2n) is 4.58. The molecule has 0 radical (unpaired) electrons. The lowest BCUT2D eigenvalue weighted by Crippen LogP contribution is -2.14. The Morgan fingerprint density at radius 2 is 1.89 bits per heavy atom. The summed E-state index contributed by atoms with van der Waals surface area (Å²) < 4.78 is 28.8. The summed E-state index contributed by atoms with van der Waals surface area (Å²) in [7, 11) is -1.81. The number of aliphatic carboxylic acids is 1. The van der Waals surface area contributed by atoms with E-state index in [1.807, 2.05) is 0 Å². The quantitative estimate of drug-likeness (QED) is 0.881. The van der Waals surface area contributed by atoms with Gasteiger partial charge in [0.05, 0.1) is 18.3 Å². The summed E-state index contributed by atoms with van der Waals surface area (Å²) in [5.74, 6) is -1.71. The molecule has 1 N–H and O–H groups in total. The number of carboxylic acids is 1. The minimum absolute atomic E-state index is 0.0336. The maximum atomic E-state index is 11.9. The van der Waals surface area contributed by atoms with E-state index in [1.165, 1.54) is 14.0 Å². The molecule has 0 bridgehead atoms. The molecule has 0 aromatic heterocycles. The van der Waals surface area contributed by atoms with E-state index < -0.39 is 32.9 Å². The highest BCUT2D eigenvalue weighted by molar-refractivity contribution is 7.92. The van der Waals surface area contributed by atoms with Crippen molar-refractivity contribution in [2.24, 2.45) is 5.92 Å². The molecule has 1 saturated carbocycles. The Hall–Kier alpha value is -1.56. The van der Waals surface area contributed by atoms with Crippen LogP contribution < -0.4 is 4.74 Å². The average Bonchev–Trinajstić information content (AvgIpc) is 3.15. The number of carboxylic acid groups (broad SMARTS) is 1. The smallest absolute Gasteiger partial charge is 0.308 e. The van der Waals surface area contributed by atoms with Crippen LogP contribution in [0.15, 0.2) is 24.3 Å². The number of ether oxygens (including phenoxy) is 1. The van der Waals surface area contributed by atoms with Gasteiger partial charge >= 0.3 is 5.97 Å². The summed E-state index contributed by atoms with van der Waals surface area (Å²) in [6, 6.07) is 6.87. The summed E-state index contributed by atoms with van der Waals surface area (Å²) >= 11 is 0. The first kappa shape index (κ1) is 13.9. The van der Waals surface area contributed by atoms with Crippen molar-refractivity contribution >= 4 is 15.8 Å². The lowest BCUT2D eigenvalue weighted by atomic mass is 10.1. The molecule has 0 unspecified atom stereocenters. The minimum atomic E-state index is -3.34. The van der Waals surface area contributed by atoms with Crippen LogP contribution in [0.3, 0.4) is 0 Å². The topological polar surface area (TPSA) is 80.7 Å². The van der Waals surface area contributed by atoms with Crippen molar-refractivity contribution in [1.82, 2.24) is 0 Å². The Morgan fingerprint density at radius 1 is 1.32 bits per heavy atom. The summed E-state index contributed by atoms with van der Waals surface area (Å²) in [5.41, 5.74) is 0.732. The van der Waals surface area contributed by atoms with Crippen LogP contribution in [0.2, 0.25) is 0 Å². The van der Waals surface area contributed by atoms with Crippen LogP contribution >= 0.6 is 0 Å². The van der Waals surface area contributed by atoms with Gasteiger partial charge in [-0.3, -0.25) is 4.79 Å². The van der Waals surface area contributed by atoms with Crippen LogP contribution in [-0.4, -0.2) is 37.6 Å². The fraction of sp³-hybridized carbons (Fsp3) is 0.462. The van der Waals surface area contributed by atoms with Gasteiger partial charge < -0.3 is 9.84 Å². The average molecular weight is 284 g/mol.